The van der Waals surface area contributed by atoms with Crippen molar-refractivity contribution in [2.75, 3.05) is 18.1 Å². The van der Waals surface area contributed by atoms with Crippen LogP contribution in [0.2, 0.25) is 5.02 Å². The predicted octanol–water partition coefficient (Wildman–Crippen LogP) is 4.67. The van der Waals surface area contributed by atoms with E-state index in [2.05, 4.69) is 11.1 Å². The minimum absolute atomic E-state index is 0.244. The molecule has 0 aliphatic carbocycles. The van der Waals surface area contributed by atoms with Crippen LogP contribution in [0.4, 0.5) is 5.69 Å². The van der Waals surface area contributed by atoms with Gasteiger partial charge in [0, 0.05) is 42.5 Å². The standard InChI is InChI=1S/C29H26ClN3O5/c1-3-36-22-14-29(12-13-37-23-11-9-18(30)16-32-23)25-24(28(22,2)38-29)26(34)33(27(25)35)21-10-8-17(15-31)19-6-4-5-7-20(19)21/h4-11,16,22,24-25H,3,12-14H2,1-2H3. The molecular weight excluding hydrogens is 506 g/mol. The zero-order valence-electron chi connectivity index (χ0n) is 21.0. The van der Waals surface area contributed by atoms with Gasteiger partial charge in [-0.05, 0) is 32.0 Å². The number of fused-ring (bicyclic) bond motifs is 6. The van der Waals surface area contributed by atoms with E-state index in [0.717, 1.165) is 0 Å². The molecule has 3 aliphatic rings. The van der Waals surface area contributed by atoms with Crippen LogP contribution in [0.15, 0.2) is 54.7 Å². The van der Waals surface area contributed by atoms with Gasteiger partial charge in [0.05, 0.1) is 52.5 Å². The number of nitrogens with zero attached hydrogens (tertiary/aromatic N) is 3. The summed E-state index contributed by atoms with van der Waals surface area (Å²) in [7, 11) is 0. The van der Waals surface area contributed by atoms with Crippen LogP contribution in [0.5, 0.6) is 5.88 Å². The normalized spacial score (nSPS) is 29.6. The Kier molecular flexibility index (Phi) is 5.91. The minimum Gasteiger partial charge on any atom is -0.478 e. The molecule has 3 saturated heterocycles. The largest absolute Gasteiger partial charge is 0.478 e. The maximum absolute atomic E-state index is 14.1. The van der Waals surface area contributed by atoms with Crippen LogP contribution < -0.4 is 9.64 Å². The fourth-order valence-corrected chi connectivity index (χ4v) is 6.73. The molecule has 0 saturated carbocycles. The first-order valence-electron chi connectivity index (χ1n) is 12.7. The Morgan fingerprint density at radius 3 is 2.61 bits per heavy atom. The first kappa shape index (κ1) is 24.8. The molecule has 5 atom stereocenters. The molecule has 2 amide bonds. The third kappa shape index (κ3) is 3.53. The highest BCUT2D eigenvalue weighted by Crippen LogP contribution is 2.63. The number of pyridine rings is 1. The molecule has 1 aromatic heterocycles. The summed E-state index contributed by atoms with van der Waals surface area (Å²) in [4.78, 5) is 33.7. The van der Waals surface area contributed by atoms with Crippen LogP contribution in [0.1, 0.15) is 32.3 Å². The summed E-state index contributed by atoms with van der Waals surface area (Å²) in [5.41, 5.74) is -0.907. The summed E-state index contributed by atoms with van der Waals surface area (Å²) in [6.45, 7) is 4.50. The molecule has 2 bridgehead atoms. The summed E-state index contributed by atoms with van der Waals surface area (Å²) < 4.78 is 18.6. The van der Waals surface area contributed by atoms with Gasteiger partial charge in [-0.1, -0.05) is 35.9 Å². The van der Waals surface area contributed by atoms with E-state index >= 15 is 0 Å². The van der Waals surface area contributed by atoms with Crippen LogP contribution in [0.3, 0.4) is 0 Å². The van der Waals surface area contributed by atoms with E-state index in [1.54, 1.807) is 24.3 Å². The topological polar surface area (TPSA) is 102 Å². The Hall–Kier alpha value is -3.51. The molecule has 3 fully saturated rings. The smallest absolute Gasteiger partial charge is 0.240 e. The lowest BCUT2D eigenvalue weighted by molar-refractivity contribution is -0.136. The summed E-state index contributed by atoms with van der Waals surface area (Å²) in [6.07, 6.45) is 2.04. The average Bonchev–Trinajstić information content (AvgIpc) is 3.46. The van der Waals surface area contributed by atoms with Gasteiger partial charge in [-0.2, -0.15) is 5.26 Å². The SMILES string of the molecule is CCOC1CC2(CCOc3ccc(Cl)cn3)OC1(C)C1C(=O)N(c3ccc(C#N)c4ccccc34)C(=O)C12. The zero-order valence-corrected chi connectivity index (χ0v) is 21.8. The maximum atomic E-state index is 14.1. The number of carbonyl (C=O) groups is 2. The molecule has 0 N–H and O–H groups in total. The Morgan fingerprint density at radius 1 is 1.13 bits per heavy atom. The number of rotatable bonds is 7. The number of anilines is 1. The van der Waals surface area contributed by atoms with Crippen molar-refractivity contribution >= 4 is 39.9 Å². The highest BCUT2D eigenvalue weighted by atomic mass is 35.5. The van der Waals surface area contributed by atoms with Gasteiger partial charge in [-0.25, -0.2) is 9.88 Å². The molecule has 194 valence electrons. The molecule has 3 aromatic rings. The molecule has 6 rings (SSSR count). The number of amides is 2. The first-order valence-corrected chi connectivity index (χ1v) is 13.1. The predicted molar refractivity (Wildman–Crippen MR) is 140 cm³/mol. The van der Waals surface area contributed by atoms with Crippen molar-refractivity contribution in [1.82, 2.24) is 4.98 Å². The molecule has 0 spiro atoms. The van der Waals surface area contributed by atoms with Crippen molar-refractivity contribution in [3.05, 3.63) is 65.3 Å². The third-order valence-electron chi connectivity index (χ3n) is 8.19. The Labute approximate surface area is 225 Å². The lowest BCUT2D eigenvalue weighted by Crippen LogP contribution is -2.50. The number of ether oxygens (including phenoxy) is 3. The van der Waals surface area contributed by atoms with Crippen LogP contribution in [0, 0.1) is 23.2 Å². The third-order valence-corrected chi connectivity index (χ3v) is 8.41. The van der Waals surface area contributed by atoms with E-state index in [4.69, 9.17) is 25.8 Å². The van der Waals surface area contributed by atoms with E-state index < -0.39 is 23.0 Å². The van der Waals surface area contributed by atoms with Gasteiger partial charge >= 0.3 is 0 Å². The van der Waals surface area contributed by atoms with Gasteiger partial charge in [0.15, 0.2) is 0 Å². The van der Waals surface area contributed by atoms with Crippen molar-refractivity contribution in [3.63, 3.8) is 0 Å². The molecular formula is C29H26ClN3O5. The van der Waals surface area contributed by atoms with E-state index in [1.807, 2.05) is 38.1 Å². The number of carbonyl (C=O) groups excluding carboxylic acids is 2. The fourth-order valence-electron chi connectivity index (χ4n) is 6.62. The molecule has 4 heterocycles. The molecule has 0 radical (unpaired) electrons. The van der Waals surface area contributed by atoms with Crippen molar-refractivity contribution in [2.24, 2.45) is 11.8 Å². The second-order valence-electron chi connectivity index (χ2n) is 10.2. The number of imide groups is 1. The Morgan fingerprint density at radius 2 is 1.89 bits per heavy atom. The molecule has 5 unspecified atom stereocenters. The van der Waals surface area contributed by atoms with Crippen molar-refractivity contribution in [2.45, 2.75) is 44.0 Å². The summed E-state index contributed by atoms with van der Waals surface area (Å²) in [5, 5.41) is 11.5. The number of nitriles is 1. The van der Waals surface area contributed by atoms with Crippen LogP contribution in [-0.4, -0.2) is 47.3 Å². The molecule has 9 heteroatoms. The lowest BCUT2D eigenvalue weighted by Gasteiger charge is -2.35. The molecule has 3 aliphatic heterocycles. The second-order valence-corrected chi connectivity index (χ2v) is 10.6. The van der Waals surface area contributed by atoms with Crippen LogP contribution >= 0.6 is 11.6 Å². The highest BCUT2D eigenvalue weighted by Gasteiger charge is 2.77. The fraction of sp³-hybridized carbons (Fsp3) is 0.379. The maximum Gasteiger partial charge on any atom is 0.240 e. The van der Waals surface area contributed by atoms with Crippen molar-refractivity contribution < 1.29 is 23.8 Å². The van der Waals surface area contributed by atoms with Gasteiger partial charge in [-0.3, -0.25) is 9.59 Å². The van der Waals surface area contributed by atoms with E-state index in [-0.39, 0.29) is 24.5 Å². The van der Waals surface area contributed by atoms with Gasteiger partial charge in [0.1, 0.15) is 5.60 Å². The number of aromatic nitrogens is 1. The van der Waals surface area contributed by atoms with Crippen molar-refractivity contribution in [3.8, 4) is 11.9 Å². The van der Waals surface area contributed by atoms with Crippen LogP contribution in [0.25, 0.3) is 10.8 Å². The average molecular weight is 532 g/mol. The second kappa shape index (κ2) is 9.05. The van der Waals surface area contributed by atoms with E-state index in [9.17, 15) is 14.9 Å². The zero-order chi connectivity index (χ0) is 26.7. The Bertz CT molecular complexity index is 1490. The Balaban J connectivity index is 1.37. The number of halogens is 1. The van der Waals surface area contributed by atoms with Gasteiger partial charge in [0.2, 0.25) is 17.7 Å². The molecule has 2 aromatic carbocycles. The minimum atomic E-state index is -0.955. The van der Waals surface area contributed by atoms with Crippen LogP contribution in [-0.2, 0) is 19.1 Å². The number of hydrogen-bond donors (Lipinski definition) is 0. The number of hydrogen-bond acceptors (Lipinski definition) is 7. The van der Waals surface area contributed by atoms with Gasteiger partial charge in [0.25, 0.3) is 0 Å². The summed E-state index contributed by atoms with van der Waals surface area (Å²) >= 11 is 5.93. The number of benzene rings is 2. The summed E-state index contributed by atoms with van der Waals surface area (Å²) in [5.74, 6) is -1.54. The monoisotopic (exact) mass is 531 g/mol. The first-order chi connectivity index (χ1) is 18.3. The van der Waals surface area contributed by atoms with E-state index in [0.29, 0.717) is 52.4 Å². The highest BCUT2D eigenvalue weighted by molar-refractivity contribution is 6.30. The molecule has 38 heavy (non-hydrogen) atoms. The molecule has 8 nitrogen and oxygen atoms in total. The van der Waals surface area contributed by atoms with Gasteiger partial charge in [-0.15, -0.1) is 0 Å². The quantitative estimate of drug-likeness (QED) is 0.408. The summed E-state index contributed by atoms with van der Waals surface area (Å²) in [6, 6.07) is 16.2. The van der Waals surface area contributed by atoms with E-state index in [1.165, 1.54) is 11.1 Å². The van der Waals surface area contributed by atoms with Crippen molar-refractivity contribution in [1.29, 1.82) is 5.26 Å². The lowest BCUT2D eigenvalue weighted by atomic mass is 9.66. The van der Waals surface area contributed by atoms with Gasteiger partial charge < -0.3 is 14.2 Å².